The number of hydrogen-bond donors (Lipinski definition) is 3. The highest BCUT2D eigenvalue weighted by Crippen LogP contribution is 2.20. The fourth-order valence-corrected chi connectivity index (χ4v) is 1.93. The highest BCUT2D eigenvalue weighted by molar-refractivity contribution is 5.98. The molecule has 0 atom stereocenters. The van der Waals surface area contributed by atoms with E-state index < -0.39 is 11.8 Å². The van der Waals surface area contributed by atoms with E-state index >= 15 is 0 Å². The van der Waals surface area contributed by atoms with Gasteiger partial charge in [-0.1, -0.05) is 24.3 Å². The molecule has 2 aromatic rings. The maximum Gasteiger partial charge on any atom is 0.276 e. The summed E-state index contributed by atoms with van der Waals surface area (Å²) >= 11 is 0. The van der Waals surface area contributed by atoms with Crippen LogP contribution in [-0.2, 0) is 4.79 Å². The van der Waals surface area contributed by atoms with Crippen LogP contribution >= 0.6 is 0 Å². The van der Waals surface area contributed by atoms with Crippen LogP contribution < -0.4 is 15.6 Å². The molecule has 0 aliphatic carbocycles. The molecule has 0 heterocycles. The van der Waals surface area contributed by atoms with E-state index in [1.54, 1.807) is 31.2 Å². The summed E-state index contributed by atoms with van der Waals surface area (Å²) in [6, 6.07) is 12.1. The van der Waals surface area contributed by atoms with Gasteiger partial charge in [0.05, 0.1) is 5.56 Å². The van der Waals surface area contributed by atoms with Gasteiger partial charge in [0, 0.05) is 0 Å². The molecule has 2 amide bonds. The van der Waals surface area contributed by atoms with Crippen molar-refractivity contribution in [1.82, 2.24) is 10.9 Å². The molecule has 23 heavy (non-hydrogen) atoms. The molecule has 6 heteroatoms. The third-order valence-electron chi connectivity index (χ3n) is 3.16. The van der Waals surface area contributed by atoms with Gasteiger partial charge in [-0.05, 0) is 43.2 Å². The average molecular weight is 314 g/mol. The fourth-order valence-electron chi connectivity index (χ4n) is 1.93. The summed E-state index contributed by atoms with van der Waals surface area (Å²) < 4.78 is 5.32. The number of ether oxygens (including phenoxy) is 1. The summed E-state index contributed by atoms with van der Waals surface area (Å²) in [6.45, 7) is 3.37. The minimum Gasteiger partial charge on any atom is -0.507 e. The lowest BCUT2D eigenvalue weighted by Gasteiger charge is -2.10. The Morgan fingerprint density at radius 1 is 1.09 bits per heavy atom. The Bertz CT molecular complexity index is 728. The van der Waals surface area contributed by atoms with Gasteiger partial charge in [0.25, 0.3) is 11.8 Å². The quantitative estimate of drug-likeness (QED) is 0.752. The number of aromatic hydroxyl groups is 1. The van der Waals surface area contributed by atoms with Crippen molar-refractivity contribution in [2.24, 2.45) is 0 Å². The van der Waals surface area contributed by atoms with Crippen LogP contribution in [0.4, 0.5) is 0 Å². The van der Waals surface area contributed by atoms with Crippen molar-refractivity contribution < 1.29 is 19.4 Å². The lowest BCUT2D eigenvalue weighted by Crippen LogP contribution is -2.43. The number of amides is 2. The van der Waals surface area contributed by atoms with Gasteiger partial charge >= 0.3 is 0 Å². The third-order valence-corrected chi connectivity index (χ3v) is 3.16. The molecule has 2 rings (SSSR count). The van der Waals surface area contributed by atoms with Gasteiger partial charge in [0.2, 0.25) is 0 Å². The predicted octanol–water partition coefficient (Wildman–Crippen LogP) is 1.85. The molecule has 0 bridgehead atoms. The molecule has 0 radical (unpaired) electrons. The summed E-state index contributed by atoms with van der Waals surface area (Å²) in [5.41, 5.74) is 6.16. The molecule has 0 saturated heterocycles. The maximum absolute atomic E-state index is 11.9. The Morgan fingerprint density at radius 3 is 2.57 bits per heavy atom. The van der Waals surface area contributed by atoms with Crippen LogP contribution in [0.3, 0.4) is 0 Å². The number of para-hydroxylation sites is 1. The second-order valence-electron chi connectivity index (χ2n) is 5.08. The molecule has 0 spiro atoms. The number of phenolic OH excluding ortho intramolecular Hbond substituents is 1. The number of carbonyl (C=O) groups is 2. The molecule has 0 fully saturated rings. The summed E-state index contributed by atoms with van der Waals surface area (Å²) in [5.74, 6) is -0.653. The van der Waals surface area contributed by atoms with E-state index in [0.717, 1.165) is 5.56 Å². The van der Waals surface area contributed by atoms with Crippen LogP contribution in [0.5, 0.6) is 11.5 Å². The minimum atomic E-state index is -0.602. The lowest BCUT2D eigenvalue weighted by atomic mass is 10.1. The van der Waals surface area contributed by atoms with E-state index in [0.29, 0.717) is 11.3 Å². The Labute approximate surface area is 134 Å². The molecular formula is C17H18N2O4. The second-order valence-corrected chi connectivity index (χ2v) is 5.08. The van der Waals surface area contributed by atoms with E-state index in [2.05, 4.69) is 10.9 Å². The number of hydrazine groups is 1. The van der Waals surface area contributed by atoms with Crippen LogP contribution in [0.2, 0.25) is 0 Å². The van der Waals surface area contributed by atoms with Gasteiger partial charge in [-0.25, -0.2) is 0 Å². The van der Waals surface area contributed by atoms with Crippen molar-refractivity contribution in [3.8, 4) is 11.5 Å². The van der Waals surface area contributed by atoms with Crippen LogP contribution in [0.15, 0.2) is 42.5 Å². The summed E-state index contributed by atoms with van der Waals surface area (Å²) in [5, 5.41) is 9.81. The molecule has 120 valence electrons. The number of aryl methyl sites for hydroxylation is 2. The lowest BCUT2D eigenvalue weighted by molar-refractivity contribution is -0.123. The maximum atomic E-state index is 11.9. The molecule has 3 N–H and O–H groups in total. The van der Waals surface area contributed by atoms with Crippen molar-refractivity contribution >= 4 is 11.8 Å². The SMILES string of the molecule is Cc1cccc(OCC(=O)NNC(=O)c2cccc(C)c2O)c1. The highest BCUT2D eigenvalue weighted by atomic mass is 16.5. The minimum absolute atomic E-state index is 0.0879. The monoisotopic (exact) mass is 314 g/mol. The first kappa shape index (κ1) is 16.4. The van der Waals surface area contributed by atoms with Crippen LogP contribution in [0.25, 0.3) is 0 Å². The molecule has 0 saturated carbocycles. The Balaban J connectivity index is 1.84. The van der Waals surface area contributed by atoms with Gasteiger partial charge in [0.15, 0.2) is 6.61 Å². The smallest absolute Gasteiger partial charge is 0.276 e. The van der Waals surface area contributed by atoms with Gasteiger partial charge < -0.3 is 9.84 Å². The molecule has 6 nitrogen and oxygen atoms in total. The van der Waals surface area contributed by atoms with Crippen LogP contribution in [-0.4, -0.2) is 23.5 Å². The molecular weight excluding hydrogens is 296 g/mol. The van der Waals surface area contributed by atoms with Crippen molar-refractivity contribution in [2.45, 2.75) is 13.8 Å². The summed E-state index contributed by atoms with van der Waals surface area (Å²) in [4.78, 5) is 23.6. The predicted molar refractivity (Wildman–Crippen MR) is 85.1 cm³/mol. The van der Waals surface area contributed by atoms with Gasteiger partial charge in [-0.15, -0.1) is 0 Å². The van der Waals surface area contributed by atoms with E-state index in [-0.39, 0.29) is 17.9 Å². The largest absolute Gasteiger partial charge is 0.507 e. The van der Waals surface area contributed by atoms with Gasteiger partial charge in [-0.3, -0.25) is 20.4 Å². The molecule has 0 aromatic heterocycles. The number of carbonyl (C=O) groups excluding carboxylic acids is 2. The number of rotatable bonds is 4. The van der Waals surface area contributed by atoms with E-state index in [1.165, 1.54) is 6.07 Å². The van der Waals surface area contributed by atoms with Crippen molar-refractivity contribution in [1.29, 1.82) is 0 Å². The number of benzene rings is 2. The topological polar surface area (TPSA) is 87.7 Å². The van der Waals surface area contributed by atoms with E-state index in [1.807, 2.05) is 19.1 Å². The molecule has 0 aliphatic rings. The Kier molecular flexibility index (Phi) is 5.19. The molecule has 2 aromatic carbocycles. The fraction of sp³-hybridized carbons (Fsp3) is 0.176. The van der Waals surface area contributed by atoms with Crippen LogP contribution in [0.1, 0.15) is 21.5 Å². The first-order chi connectivity index (χ1) is 11.0. The Morgan fingerprint density at radius 2 is 1.83 bits per heavy atom. The van der Waals surface area contributed by atoms with Crippen LogP contribution in [0, 0.1) is 13.8 Å². The van der Waals surface area contributed by atoms with E-state index in [9.17, 15) is 14.7 Å². The second kappa shape index (κ2) is 7.31. The zero-order valence-electron chi connectivity index (χ0n) is 12.9. The molecule has 0 unspecified atom stereocenters. The van der Waals surface area contributed by atoms with Crippen molar-refractivity contribution in [3.63, 3.8) is 0 Å². The Hall–Kier alpha value is -3.02. The zero-order chi connectivity index (χ0) is 16.8. The van der Waals surface area contributed by atoms with Gasteiger partial charge in [0.1, 0.15) is 11.5 Å². The number of hydrogen-bond acceptors (Lipinski definition) is 4. The average Bonchev–Trinajstić information content (AvgIpc) is 2.53. The zero-order valence-corrected chi connectivity index (χ0v) is 12.9. The first-order valence-electron chi connectivity index (χ1n) is 7.04. The standard InChI is InChI=1S/C17H18N2O4/c1-11-5-3-7-13(9-11)23-10-15(20)18-19-17(22)14-8-4-6-12(2)16(14)21/h3-9,21H,10H2,1-2H3,(H,18,20)(H,19,22). The number of phenols is 1. The van der Waals surface area contributed by atoms with E-state index in [4.69, 9.17) is 4.74 Å². The van der Waals surface area contributed by atoms with Crippen molar-refractivity contribution in [3.05, 3.63) is 59.2 Å². The van der Waals surface area contributed by atoms with Gasteiger partial charge in [-0.2, -0.15) is 0 Å². The highest BCUT2D eigenvalue weighted by Gasteiger charge is 2.13. The summed E-state index contributed by atoms with van der Waals surface area (Å²) in [7, 11) is 0. The molecule has 0 aliphatic heterocycles. The van der Waals surface area contributed by atoms with Crippen molar-refractivity contribution in [2.75, 3.05) is 6.61 Å². The summed E-state index contributed by atoms with van der Waals surface area (Å²) in [6.07, 6.45) is 0. The number of nitrogens with one attached hydrogen (secondary N) is 2. The third kappa shape index (κ3) is 4.47. The normalized spacial score (nSPS) is 10.0. The first-order valence-corrected chi connectivity index (χ1v) is 7.04.